The van der Waals surface area contributed by atoms with Gasteiger partial charge in [-0.3, -0.25) is 0 Å². The van der Waals surface area contributed by atoms with Gasteiger partial charge >= 0.3 is 0 Å². The number of anilines is 2. The summed E-state index contributed by atoms with van der Waals surface area (Å²) in [6.45, 7) is 4.82. The van der Waals surface area contributed by atoms with Gasteiger partial charge in [-0.2, -0.15) is 0 Å². The van der Waals surface area contributed by atoms with Crippen LogP contribution in [0.4, 0.5) is 15.8 Å². The Labute approximate surface area is 125 Å². The van der Waals surface area contributed by atoms with Gasteiger partial charge in [-0.05, 0) is 43.0 Å². The third-order valence-electron chi connectivity index (χ3n) is 4.12. The van der Waals surface area contributed by atoms with E-state index in [4.69, 9.17) is 0 Å². The molecule has 110 valence electrons. The molecule has 2 aromatic carbocycles. The average Bonchev–Trinajstić information content (AvgIpc) is 3.01. The van der Waals surface area contributed by atoms with E-state index in [1.807, 2.05) is 19.1 Å². The van der Waals surface area contributed by atoms with E-state index in [0.29, 0.717) is 12.2 Å². The van der Waals surface area contributed by atoms with E-state index in [2.05, 4.69) is 28.4 Å². The van der Waals surface area contributed by atoms with E-state index < -0.39 is 0 Å². The number of halogens is 1. The second-order valence-corrected chi connectivity index (χ2v) is 5.61. The fourth-order valence-corrected chi connectivity index (χ4v) is 2.97. The Hall–Kier alpha value is -2.03. The van der Waals surface area contributed by atoms with Crippen LogP contribution in [0, 0.1) is 12.7 Å². The molecule has 2 aromatic rings. The van der Waals surface area contributed by atoms with Gasteiger partial charge in [-0.15, -0.1) is 0 Å². The number of nitrogens with one attached hydrogen (secondary N) is 1. The minimum Gasteiger partial charge on any atom is -0.378 e. The number of hydrogen-bond acceptors (Lipinski definition) is 2. The molecule has 0 saturated carbocycles. The summed E-state index contributed by atoms with van der Waals surface area (Å²) in [5, 5.41) is 3.26. The van der Waals surface area contributed by atoms with Crippen LogP contribution in [-0.2, 0) is 6.54 Å². The van der Waals surface area contributed by atoms with Gasteiger partial charge in [0, 0.05) is 25.3 Å². The fraction of sp³-hybridized carbons (Fsp3) is 0.333. The van der Waals surface area contributed by atoms with Gasteiger partial charge in [0.15, 0.2) is 0 Å². The summed E-state index contributed by atoms with van der Waals surface area (Å²) in [6, 6.07) is 13.6. The molecular weight excluding hydrogens is 263 g/mol. The molecule has 3 heteroatoms. The molecule has 0 bridgehead atoms. The van der Waals surface area contributed by atoms with Crippen LogP contribution < -0.4 is 10.2 Å². The van der Waals surface area contributed by atoms with Gasteiger partial charge in [0.1, 0.15) is 5.82 Å². The molecule has 1 saturated heterocycles. The number of nitrogens with zero attached hydrogens (tertiary/aromatic N) is 1. The van der Waals surface area contributed by atoms with E-state index in [1.54, 1.807) is 6.07 Å². The monoisotopic (exact) mass is 284 g/mol. The van der Waals surface area contributed by atoms with Crippen molar-refractivity contribution >= 4 is 11.4 Å². The second-order valence-electron chi connectivity index (χ2n) is 5.61. The quantitative estimate of drug-likeness (QED) is 0.898. The first kappa shape index (κ1) is 13.9. The van der Waals surface area contributed by atoms with Crippen molar-refractivity contribution in [2.24, 2.45) is 0 Å². The first-order valence-electron chi connectivity index (χ1n) is 7.57. The van der Waals surface area contributed by atoms with E-state index in [1.165, 1.54) is 30.2 Å². The largest absolute Gasteiger partial charge is 0.378 e. The maximum atomic E-state index is 13.9. The maximum absolute atomic E-state index is 13.9. The van der Waals surface area contributed by atoms with E-state index in [0.717, 1.165) is 18.7 Å². The van der Waals surface area contributed by atoms with Crippen LogP contribution in [0.15, 0.2) is 42.5 Å². The standard InChI is InChI=1S/C18H21FN2/c1-14-7-6-9-16(19)18(14)20-13-15-8-2-3-10-17(15)21-11-4-5-12-21/h2-3,6-10,20H,4-5,11-13H2,1H3. The second kappa shape index (κ2) is 6.17. The molecule has 0 aliphatic carbocycles. The number of aryl methyl sites for hydroxylation is 1. The number of rotatable bonds is 4. The summed E-state index contributed by atoms with van der Waals surface area (Å²) < 4.78 is 13.9. The molecular formula is C18H21FN2. The van der Waals surface area contributed by atoms with E-state index in [-0.39, 0.29) is 5.82 Å². The van der Waals surface area contributed by atoms with Crippen LogP contribution in [0.5, 0.6) is 0 Å². The van der Waals surface area contributed by atoms with Gasteiger partial charge in [0.2, 0.25) is 0 Å². The first-order valence-corrected chi connectivity index (χ1v) is 7.57. The Balaban J connectivity index is 1.79. The lowest BCUT2D eigenvalue weighted by Crippen LogP contribution is -2.20. The van der Waals surface area contributed by atoms with Crippen molar-refractivity contribution in [2.45, 2.75) is 26.3 Å². The predicted molar refractivity (Wildman–Crippen MR) is 86.4 cm³/mol. The Morgan fingerprint density at radius 1 is 1.05 bits per heavy atom. The highest BCUT2D eigenvalue weighted by Crippen LogP contribution is 2.26. The highest BCUT2D eigenvalue weighted by Gasteiger charge is 2.15. The van der Waals surface area contributed by atoms with Gasteiger partial charge in [-0.25, -0.2) is 4.39 Å². The number of benzene rings is 2. The SMILES string of the molecule is Cc1cccc(F)c1NCc1ccccc1N1CCCC1. The molecule has 0 radical (unpaired) electrons. The molecule has 21 heavy (non-hydrogen) atoms. The normalized spacial score (nSPS) is 14.5. The minimum absolute atomic E-state index is 0.186. The zero-order valence-electron chi connectivity index (χ0n) is 12.4. The van der Waals surface area contributed by atoms with Gasteiger partial charge in [-0.1, -0.05) is 30.3 Å². The fourth-order valence-electron chi connectivity index (χ4n) is 2.97. The van der Waals surface area contributed by atoms with Crippen LogP contribution >= 0.6 is 0 Å². The van der Waals surface area contributed by atoms with Crippen molar-refractivity contribution in [3.63, 3.8) is 0 Å². The molecule has 0 aromatic heterocycles. The summed E-state index contributed by atoms with van der Waals surface area (Å²) in [7, 11) is 0. The highest BCUT2D eigenvalue weighted by atomic mass is 19.1. The highest BCUT2D eigenvalue weighted by molar-refractivity contribution is 5.57. The van der Waals surface area contributed by atoms with Crippen LogP contribution in [-0.4, -0.2) is 13.1 Å². The van der Waals surface area contributed by atoms with Crippen molar-refractivity contribution in [1.82, 2.24) is 0 Å². The molecule has 1 heterocycles. The first-order chi connectivity index (χ1) is 10.3. The molecule has 1 fully saturated rings. The van der Waals surface area contributed by atoms with Crippen molar-refractivity contribution < 1.29 is 4.39 Å². The third-order valence-corrected chi connectivity index (χ3v) is 4.12. The van der Waals surface area contributed by atoms with Crippen LogP contribution in [0.2, 0.25) is 0 Å². The molecule has 3 rings (SSSR count). The molecule has 0 amide bonds. The van der Waals surface area contributed by atoms with E-state index in [9.17, 15) is 4.39 Å². The minimum atomic E-state index is -0.186. The zero-order valence-corrected chi connectivity index (χ0v) is 12.4. The Morgan fingerprint density at radius 3 is 2.57 bits per heavy atom. The topological polar surface area (TPSA) is 15.3 Å². The summed E-state index contributed by atoms with van der Waals surface area (Å²) in [5.74, 6) is -0.186. The third kappa shape index (κ3) is 3.02. The summed E-state index contributed by atoms with van der Waals surface area (Å²) in [4.78, 5) is 2.42. The van der Waals surface area contributed by atoms with Crippen molar-refractivity contribution in [2.75, 3.05) is 23.3 Å². The molecule has 2 nitrogen and oxygen atoms in total. The van der Waals surface area contributed by atoms with Crippen LogP contribution in [0.3, 0.4) is 0 Å². The summed E-state index contributed by atoms with van der Waals surface area (Å²) in [6.07, 6.45) is 2.52. The van der Waals surface area contributed by atoms with Crippen LogP contribution in [0.1, 0.15) is 24.0 Å². The Morgan fingerprint density at radius 2 is 1.81 bits per heavy atom. The molecule has 1 aliphatic rings. The zero-order chi connectivity index (χ0) is 14.7. The predicted octanol–water partition coefficient (Wildman–Crippen LogP) is 4.35. The van der Waals surface area contributed by atoms with Gasteiger partial charge in [0.25, 0.3) is 0 Å². The molecule has 1 N–H and O–H groups in total. The lowest BCUT2D eigenvalue weighted by molar-refractivity contribution is 0.629. The molecule has 0 unspecified atom stereocenters. The van der Waals surface area contributed by atoms with Crippen LogP contribution in [0.25, 0.3) is 0 Å². The van der Waals surface area contributed by atoms with E-state index >= 15 is 0 Å². The molecule has 0 atom stereocenters. The number of para-hydroxylation sites is 2. The molecule has 0 spiro atoms. The smallest absolute Gasteiger partial charge is 0.146 e. The summed E-state index contributed by atoms with van der Waals surface area (Å²) >= 11 is 0. The Bertz CT molecular complexity index is 598. The van der Waals surface area contributed by atoms with Crippen molar-refractivity contribution in [1.29, 1.82) is 0 Å². The summed E-state index contributed by atoms with van der Waals surface area (Å²) in [5.41, 5.74) is 4.04. The van der Waals surface area contributed by atoms with Crippen molar-refractivity contribution in [3.05, 3.63) is 59.4 Å². The Kier molecular flexibility index (Phi) is 4.09. The molecule has 1 aliphatic heterocycles. The maximum Gasteiger partial charge on any atom is 0.146 e. The average molecular weight is 284 g/mol. The van der Waals surface area contributed by atoms with Gasteiger partial charge < -0.3 is 10.2 Å². The number of hydrogen-bond donors (Lipinski definition) is 1. The lowest BCUT2D eigenvalue weighted by atomic mass is 10.1. The lowest BCUT2D eigenvalue weighted by Gasteiger charge is -2.22. The van der Waals surface area contributed by atoms with Gasteiger partial charge in [0.05, 0.1) is 5.69 Å². The van der Waals surface area contributed by atoms with Crippen molar-refractivity contribution in [3.8, 4) is 0 Å².